The average Bonchev–Trinajstić information content (AvgIpc) is 3.26. The highest BCUT2D eigenvalue weighted by Crippen LogP contribution is 2.19. The van der Waals surface area contributed by atoms with Crippen molar-refractivity contribution in [3.05, 3.63) is 36.0 Å². The molecule has 0 aliphatic carbocycles. The molecule has 2 aromatic rings. The van der Waals surface area contributed by atoms with Crippen LogP contribution in [0.25, 0.3) is 10.9 Å². The fourth-order valence-electron chi connectivity index (χ4n) is 4.02. The van der Waals surface area contributed by atoms with Crippen LogP contribution in [-0.2, 0) is 25.6 Å². The third kappa shape index (κ3) is 8.50. The van der Waals surface area contributed by atoms with Crippen molar-refractivity contribution in [2.24, 2.45) is 17.6 Å². The molecule has 1 aromatic carbocycles. The van der Waals surface area contributed by atoms with Gasteiger partial charge in [0.15, 0.2) is 0 Å². The van der Waals surface area contributed by atoms with E-state index in [1.165, 1.54) is 0 Å². The minimum absolute atomic E-state index is 0.0488. The van der Waals surface area contributed by atoms with Gasteiger partial charge in [-0.15, -0.1) is 0 Å². The standard InChI is InChI=1S/C26H39N5O5S/c1-5-15(4)22(26(35)36)31-25(34)21(13-37)30-24(33)20(10-14(2)3)29-23(32)18(27)11-16-12-28-19-9-7-6-8-17(16)19/h6-9,12,14-15,18,20-22,28,37H,5,10-11,13,27H2,1-4H3,(H,29,32)(H,30,33)(H,31,34)(H,35,36). The molecule has 5 unspecified atom stereocenters. The van der Waals surface area contributed by atoms with E-state index in [1.54, 1.807) is 6.92 Å². The molecule has 5 atom stereocenters. The highest BCUT2D eigenvalue weighted by atomic mass is 32.1. The summed E-state index contributed by atoms with van der Waals surface area (Å²) < 4.78 is 0. The maximum absolute atomic E-state index is 13.1. The average molecular weight is 534 g/mol. The van der Waals surface area contributed by atoms with Crippen LogP contribution in [0.5, 0.6) is 0 Å². The lowest BCUT2D eigenvalue weighted by molar-refractivity contribution is -0.143. The van der Waals surface area contributed by atoms with E-state index in [1.807, 2.05) is 51.2 Å². The molecule has 0 spiro atoms. The Morgan fingerprint density at radius 2 is 1.62 bits per heavy atom. The second-order valence-electron chi connectivity index (χ2n) is 9.81. The number of aliphatic carboxylic acids is 1. The first kappa shape index (κ1) is 30.2. The number of fused-ring (bicyclic) bond motifs is 1. The van der Waals surface area contributed by atoms with Gasteiger partial charge in [0.2, 0.25) is 17.7 Å². The van der Waals surface area contributed by atoms with Crippen molar-refractivity contribution in [3.8, 4) is 0 Å². The molecule has 10 nitrogen and oxygen atoms in total. The minimum atomic E-state index is -1.15. The van der Waals surface area contributed by atoms with Crippen LogP contribution in [0.4, 0.5) is 0 Å². The number of thiol groups is 1. The van der Waals surface area contributed by atoms with Gasteiger partial charge in [-0.2, -0.15) is 12.6 Å². The maximum Gasteiger partial charge on any atom is 0.326 e. The Morgan fingerprint density at radius 3 is 2.22 bits per heavy atom. The first-order valence-electron chi connectivity index (χ1n) is 12.5. The molecule has 0 fully saturated rings. The predicted molar refractivity (Wildman–Crippen MR) is 146 cm³/mol. The lowest BCUT2D eigenvalue weighted by Gasteiger charge is -2.26. The number of carbonyl (C=O) groups is 4. The zero-order chi connectivity index (χ0) is 27.7. The smallest absolute Gasteiger partial charge is 0.326 e. The summed E-state index contributed by atoms with van der Waals surface area (Å²) in [7, 11) is 0. The van der Waals surface area contributed by atoms with E-state index in [0.717, 1.165) is 16.5 Å². The summed E-state index contributed by atoms with van der Waals surface area (Å²) in [5, 5.41) is 18.3. The van der Waals surface area contributed by atoms with Crippen molar-refractivity contribution in [1.82, 2.24) is 20.9 Å². The van der Waals surface area contributed by atoms with Crippen LogP contribution in [-0.4, -0.2) is 63.7 Å². The SMILES string of the molecule is CCC(C)C(NC(=O)C(CS)NC(=O)C(CC(C)C)NC(=O)C(N)Cc1c[nH]c2ccccc12)C(=O)O. The van der Waals surface area contributed by atoms with Gasteiger partial charge in [-0.3, -0.25) is 14.4 Å². The fourth-order valence-corrected chi connectivity index (χ4v) is 4.27. The van der Waals surface area contributed by atoms with E-state index in [4.69, 9.17) is 5.73 Å². The van der Waals surface area contributed by atoms with Gasteiger partial charge in [0.25, 0.3) is 0 Å². The van der Waals surface area contributed by atoms with Gasteiger partial charge < -0.3 is 31.8 Å². The molecule has 0 saturated heterocycles. The number of para-hydroxylation sites is 1. The molecule has 2 rings (SSSR count). The molecular formula is C26H39N5O5S. The molecule has 37 heavy (non-hydrogen) atoms. The number of rotatable bonds is 14. The van der Waals surface area contributed by atoms with Crippen LogP contribution >= 0.6 is 12.6 Å². The lowest BCUT2D eigenvalue weighted by Crippen LogP contribution is -2.58. The van der Waals surface area contributed by atoms with Crippen molar-refractivity contribution in [3.63, 3.8) is 0 Å². The predicted octanol–water partition coefficient (Wildman–Crippen LogP) is 1.60. The van der Waals surface area contributed by atoms with E-state index in [2.05, 4.69) is 33.6 Å². The van der Waals surface area contributed by atoms with Crippen LogP contribution in [0.1, 0.15) is 46.1 Å². The molecule has 7 N–H and O–H groups in total. The minimum Gasteiger partial charge on any atom is -0.480 e. The van der Waals surface area contributed by atoms with Crippen molar-refractivity contribution >= 4 is 47.2 Å². The maximum atomic E-state index is 13.1. The Morgan fingerprint density at radius 1 is 1.00 bits per heavy atom. The van der Waals surface area contributed by atoms with Gasteiger partial charge in [0.1, 0.15) is 18.1 Å². The number of H-pyrrole nitrogens is 1. The molecule has 3 amide bonds. The molecule has 0 saturated carbocycles. The molecule has 1 heterocycles. The molecule has 0 radical (unpaired) electrons. The number of amides is 3. The molecular weight excluding hydrogens is 494 g/mol. The number of benzene rings is 1. The summed E-state index contributed by atoms with van der Waals surface area (Å²) in [6.45, 7) is 7.36. The first-order valence-corrected chi connectivity index (χ1v) is 13.2. The van der Waals surface area contributed by atoms with Crippen LogP contribution < -0.4 is 21.7 Å². The summed E-state index contributed by atoms with van der Waals surface area (Å²) in [6.07, 6.45) is 2.97. The molecule has 1 aromatic heterocycles. The highest BCUT2D eigenvalue weighted by Gasteiger charge is 2.31. The summed E-state index contributed by atoms with van der Waals surface area (Å²) in [5.74, 6) is -3.14. The second kappa shape index (κ2) is 14.0. The Balaban J connectivity index is 2.07. The molecule has 0 aliphatic rings. The van der Waals surface area contributed by atoms with Gasteiger partial charge in [0, 0.05) is 22.9 Å². The first-order chi connectivity index (χ1) is 17.5. The largest absolute Gasteiger partial charge is 0.480 e. The van der Waals surface area contributed by atoms with E-state index >= 15 is 0 Å². The summed E-state index contributed by atoms with van der Waals surface area (Å²) in [6, 6.07) is 3.71. The second-order valence-corrected chi connectivity index (χ2v) is 10.2. The quantitative estimate of drug-likeness (QED) is 0.182. The van der Waals surface area contributed by atoms with Crippen LogP contribution in [0.3, 0.4) is 0 Å². The van der Waals surface area contributed by atoms with Crippen molar-refractivity contribution in [2.45, 2.75) is 71.1 Å². The monoisotopic (exact) mass is 533 g/mol. The number of carboxylic acids is 1. The Bertz CT molecular complexity index is 1090. The zero-order valence-electron chi connectivity index (χ0n) is 21.8. The Kier molecular flexibility index (Phi) is 11.4. The number of nitrogens with two attached hydrogens (primary N) is 1. The van der Waals surface area contributed by atoms with Crippen molar-refractivity contribution in [1.29, 1.82) is 0 Å². The number of nitrogens with one attached hydrogen (secondary N) is 4. The number of aromatic nitrogens is 1. The van der Waals surface area contributed by atoms with Crippen molar-refractivity contribution in [2.75, 3.05) is 5.75 Å². The van der Waals surface area contributed by atoms with Crippen molar-refractivity contribution < 1.29 is 24.3 Å². The fraction of sp³-hybridized carbons (Fsp3) is 0.538. The van der Waals surface area contributed by atoms with Crippen LogP contribution in [0.15, 0.2) is 30.5 Å². The van der Waals surface area contributed by atoms with E-state index in [0.29, 0.717) is 12.8 Å². The Labute approximate surface area is 222 Å². The van der Waals surface area contributed by atoms with Gasteiger partial charge in [-0.25, -0.2) is 4.79 Å². The number of hydrogen-bond donors (Lipinski definition) is 7. The van der Waals surface area contributed by atoms with E-state index < -0.39 is 47.9 Å². The number of carbonyl (C=O) groups excluding carboxylic acids is 3. The molecule has 0 aliphatic heterocycles. The molecule has 11 heteroatoms. The third-order valence-electron chi connectivity index (χ3n) is 6.38. The highest BCUT2D eigenvalue weighted by molar-refractivity contribution is 7.80. The summed E-state index contributed by atoms with van der Waals surface area (Å²) in [4.78, 5) is 53.5. The molecule has 0 bridgehead atoms. The van der Waals surface area contributed by atoms with Gasteiger partial charge >= 0.3 is 5.97 Å². The lowest BCUT2D eigenvalue weighted by atomic mass is 9.99. The topological polar surface area (TPSA) is 166 Å². The van der Waals surface area contributed by atoms with Gasteiger partial charge in [0.05, 0.1) is 6.04 Å². The zero-order valence-corrected chi connectivity index (χ0v) is 22.7. The number of hydrogen-bond acceptors (Lipinski definition) is 6. The van der Waals surface area contributed by atoms with Crippen LogP contribution in [0.2, 0.25) is 0 Å². The van der Waals surface area contributed by atoms with Crippen LogP contribution in [0, 0.1) is 11.8 Å². The summed E-state index contributed by atoms with van der Waals surface area (Å²) >= 11 is 4.16. The van der Waals surface area contributed by atoms with Gasteiger partial charge in [-0.05, 0) is 36.3 Å². The normalized spacial score (nSPS) is 15.4. The molecule has 204 valence electrons. The Hall–Kier alpha value is -3.05. The number of aromatic amines is 1. The van der Waals surface area contributed by atoms with E-state index in [9.17, 15) is 24.3 Å². The third-order valence-corrected chi connectivity index (χ3v) is 6.75. The summed E-state index contributed by atoms with van der Waals surface area (Å²) in [5.41, 5.74) is 8.02. The van der Waals surface area contributed by atoms with E-state index in [-0.39, 0.29) is 24.0 Å². The van der Waals surface area contributed by atoms with Gasteiger partial charge in [-0.1, -0.05) is 52.3 Å². The number of carboxylic acid groups (broad SMARTS) is 1.